The van der Waals surface area contributed by atoms with Crippen LogP contribution in [-0.2, 0) is 6.54 Å². The number of nitrogens with one attached hydrogen (secondary N) is 2. The van der Waals surface area contributed by atoms with Crippen LogP contribution in [0.2, 0.25) is 0 Å². The van der Waals surface area contributed by atoms with Gasteiger partial charge in [-0.1, -0.05) is 50.3 Å². The quantitative estimate of drug-likeness (QED) is 0.464. The second-order valence-corrected chi connectivity index (χ2v) is 9.25. The van der Waals surface area contributed by atoms with Crippen LogP contribution < -0.4 is 15.4 Å². The van der Waals surface area contributed by atoms with Crippen molar-refractivity contribution >= 4 is 32.5 Å². The molecule has 30 heavy (non-hydrogen) atoms. The van der Waals surface area contributed by atoms with Crippen LogP contribution in [-0.4, -0.2) is 17.1 Å². The molecule has 158 valence electrons. The zero-order valence-corrected chi connectivity index (χ0v) is 18.2. The van der Waals surface area contributed by atoms with Crippen molar-refractivity contribution < 1.29 is 9.53 Å². The van der Waals surface area contributed by atoms with Crippen LogP contribution in [0.1, 0.15) is 51.0 Å². The monoisotopic (exact) mass is 423 g/mol. The topological polar surface area (TPSA) is 63.3 Å². The standard InChI is InChI=1S/C24H29N3O2S/c1-17(13-18-7-3-2-4-8-18)26-15-20-11-12-25-16-21(20)29-24(28)27-23-14-19-9-5-6-10-22(19)30-23/h5-6,9-12,14,16-18,26H,2-4,7-8,13,15H2,1H3,(H,27,28). The van der Waals surface area contributed by atoms with Gasteiger partial charge in [-0.05, 0) is 42.8 Å². The number of amides is 1. The fourth-order valence-electron chi connectivity index (χ4n) is 4.21. The second-order valence-electron chi connectivity index (χ2n) is 8.17. The Labute approximate surface area is 181 Å². The summed E-state index contributed by atoms with van der Waals surface area (Å²) in [5.41, 5.74) is 0.937. The molecule has 1 aliphatic carbocycles. The minimum Gasteiger partial charge on any atom is -0.408 e. The summed E-state index contributed by atoms with van der Waals surface area (Å²) >= 11 is 1.53. The predicted molar refractivity (Wildman–Crippen MR) is 123 cm³/mol. The van der Waals surface area contributed by atoms with Crippen molar-refractivity contribution in [3.8, 4) is 5.75 Å². The Morgan fingerprint density at radius 1 is 1.23 bits per heavy atom. The maximum atomic E-state index is 12.4. The van der Waals surface area contributed by atoms with Gasteiger partial charge in [0.05, 0.1) is 11.2 Å². The third kappa shape index (κ3) is 5.58. The first-order valence-electron chi connectivity index (χ1n) is 10.8. The Bertz CT molecular complexity index is 948. The van der Waals surface area contributed by atoms with Gasteiger partial charge in [-0.15, -0.1) is 11.3 Å². The van der Waals surface area contributed by atoms with Crippen molar-refractivity contribution in [1.82, 2.24) is 10.3 Å². The molecule has 2 N–H and O–H groups in total. The molecule has 2 aromatic heterocycles. The van der Waals surface area contributed by atoms with E-state index < -0.39 is 6.09 Å². The van der Waals surface area contributed by atoms with Crippen LogP contribution >= 0.6 is 11.3 Å². The number of anilines is 1. The minimum absolute atomic E-state index is 0.432. The predicted octanol–water partition coefficient (Wildman–Crippen LogP) is 6.36. The van der Waals surface area contributed by atoms with E-state index in [1.807, 2.05) is 36.4 Å². The average Bonchev–Trinajstić information content (AvgIpc) is 3.16. The van der Waals surface area contributed by atoms with Gasteiger partial charge in [0.25, 0.3) is 0 Å². The maximum absolute atomic E-state index is 12.4. The zero-order chi connectivity index (χ0) is 20.8. The summed E-state index contributed by atoms with van der Waals surface area (Å²) in [6.07, 6.45) is 10.9. The number of aromatic nitrogens is 1. The summed E-state index contributed by atoms with van der Waals surface area (Å²) in [6.45, 7) is 2.90. The number of fused-ring (bicyclic) bond motifs is 1. The third-order valence-electron chi connectivity index (χ3n) is 5.78. The van der Waals surface area contributed by atoms with Crippen LogP contribution in [0.4, 0.5) is 9.80 Å². The van der Waals surface area contributed by atoms with Gasteiger partial charge in [0.2, 0.25) is 0 Å². The van der Waals surface area contributed by atoms with Crippen molar-refractivity contribution in [2.45, 2.75) is 58.0 Å². The zero-order valence-electron chi connectivity index (χ0n) is 17.4. The van der Waals surface area contributed by atoms with E-state index in [1.165, 1.54) is 49.9 Å². The molecule has 1 aromatic carbocycles. The molecule has 0 bridgehead atoms. The number of carbonyl (C=O) groups excluding carboxylic acids is 1. The molecule has 0 saturated heterocycles. The molecule has 1 amide bonds. The smallest absolute Gasteiger partial charge is 0.408 e. The van der Waals surface area contributed by atoms with Crippen LogP contribution in [0.5, 0.6) is 5.75 Å². The van der Waals surface area contributed by atoms with Crippen molar-refractivity contribution in [3.63, 3.8) is 0 Å². The summed E-state index contributed by atoms with van der Waals surface area (Å²) in [5, 5.41) is 8.30. The molecular weight excluding hydrogens is 394 g/mol. The Hall–Kier alpha value is -2.44. The highest BCUT2D eigenvalue weighted by Gasteiger charge is 2.17. The fraction of sp³-hybridized carbons (Fsp3) is 0.417. The molecule has 3 aromatic rings. The first-order chi connectivity index (χ1) is 14.7. The highest BCUT2D eigenvalue weighted by atomic mass is 32.1. The molecule has 1 aliphatic rings. The lowest BCUT2D eigenvalue weighted by atomic mass is 9.85. The summed E-state index contributed by atoms with van der Waals surface area (Å²) in [4.78, 5) is 16.6. The van der Waals surface area contributed by atoms with Crippen molar-refractivity contribution in [2.75, 3.05) is 5.32 Å². The molecule has 5 nitrogen and oxygen atoms in total. The largest absolute Gasteiger partial charge is 0.417 e. The van der Waals surface area contributed by atoms with E-state index in [4.69, 9.17) is 4.74 Å². The highest BCUT2D eigenvalue weighted by molar-refractivity contribution is 7.22. The average molecular weight is 424 g/mol. The minimum atomic E-state index is -0.494. The second kappa shape index (κ2) is 10.0. The molecule has 1 unspecified atom stereocenters. The molecule has 0 radical (unpaired) electrons. The summed E-state index contributed by atoms with van der Waals surface area (Å²) in [6, 6.07) is 12.3. The maximum Gasteiger partial charge on any atom is 0.417 e. The molecule has 0 spiro atoms. The van der Waals surface area contributed by atoms with E-state index in [0.717, 1.165) is 26.6 Å². The van der Waals surface area contributed by atoms with Crippen LogP contribution in [0.15, 0.2) is 48.8 Å². The van der Waals surface area contributed by atoms with Gasteiger partial charge in [0.15, 0.2) is 5.75 Å². The molecule has 6 heteroatoms. The van der Waals surface area contributed by atoms with Gasteiger partial charge in [-0.3, -0.25) is 10.3 Å². The first kappa shape index (κ1) is 20.8. The van der Waals surface area contributed by atoms with E-state index in [1.54, 1.807) is 12.4 Å². The van der Waals surface area contributed by atoms with Gasteiger partial charge in [-0.25, -0.2) is 4.79 Å². The van der Waals surface area contributed by atoms with E-state index in [2.05, 4.69) is 22.5 Å². The molecule has 1 fully saturated rings. The van der Waals surface area contributed by atoms with E-state index in [0.29, 0.717) is 18.3 Å². The van der Waals surface area contributed by atoms with Gasteiger partial charge < -0.3 is 10.1 Å². The van der Waals surface area contributed by atoms with Gasteiger partial charge in [0, 0.05) is 29.0 Å². The third-order valence-corrected chi connectivity index (χ3v) is 6.81. The van der Waals surface area contributed by atoms with Crippen LogP contribution in [0.3, 0.4) is 0 Å². The summed E-state index contributed by atoms with van der Waals surface area (Å²) < 4.78 is 6.71. The lowest BCUT2D eigenvalue weighted by Gasteiger charge is -2.25. The lowest BCUT2D eigenvalue weighted by Crippen LogP contribution is -2.29. The number of hydrogen-bond acceptors (Lipinski definition) is 5. The number of pyridine rings is 1. The van der Waals surface area contributed by atoms with E-state index >= 15 is 0 Å². The Morgan fingerprint density at radius 3 is 2.90 bits per heavy atom. The Balaban J connectivity index is 1.32. The van der Waals surface area contributed by atoms with Crippen molar-refractivity contribution in [3.05, 3.63) is 54.4 Å². The van der Waals surface area contributed by atoms with Gasteiger partial charge in [0.1, 0.15) is 0 Å². The SMILES string of the molecule is CC(CC1CCCCC1)NCc1ccncc1OC(=O)Nc1cc2ccccc2s1. The first-order valence-corrected chi connectivity index (χ1v) is 11.6. The van der Waals surface area contributed by atoms with Crippen molar-refractivity contribution in [1.29, 1.82) is 0 Å². The number of rotatable bonds is 7. The van der Waals surface area contributed by atoms with Gasteiger partial charge >= 0.3 is 6.09 Å². The fourth-order valence-corrected chi connectivity index (χ4v) is 5.16. The molecule has 0 aliphatic heterocycles. The van der Waals surface area contributed by atoms with Crippen LogP contribution in [0.25, 0.3) is 10.1 Å². The molecule has 2 heterocycles. The summed E-state index contributed by atoms with van der Waals surface area (Å²) in [5.74, 6) is 1.33. The van der Waals surface area contributed by atoms with Crippen molar-refractivity contribution in [2.24, 2.45) is 5.92 Å². The highest BCUT2D eigenvalue weighted by Crippen LogP contribution is 2.30. The molecule has 1 saturated carbocycles. The van der Waals surface area contributed by atoms with E-state index in [9.17, 15) is 4.79 Å². The lowest BCUT2D eigenvalue weighted by molar-refractivity contribution is 0.214. The van der Waals surface area contributed by atoms with E-state index in [-0.39, 0.29) is 0 Å². The number of ether oxygens (including phenoxy) is 1. The number of nitrogens with zero attached hydrogens (tertiary/aromatic N) is 1. The van der Waals surface area contributed by atoms with Gasteiger partial charge in [-0.2, -0.15) is 0 Å². The Kier molecular flexibility index (Phi) is 6.97. The number of thiophene rings is 1. The number of hydrogen-bond donors (Lipinski definition) is 2. The number of carbonyl (C=O) groups is 1. The Morgan fingerprint density at radius 2 is 2.07 bits per heavy atom. The summed E-state index contributed by atoms with van der Waals surface area (Å²) in [7, 11) is 0. The normalized spacial score (nSPS) is 15.8. The molecular formula is C24H29N3O2S. The number of benzene rings is 1. The molecule has 4 rings (SSSR count). The van der Waals surface area contributed by atoms with Crippen LogP contribution in [0, 0.1) is 5.92 Å². The molecule has 1 atom stereocenters.